The van der Waals surface area contributed by atoms with Gasteiger partial charge in [-0.3, -0.25) is 4.79 Å². The molecule has 2 N–H and O–H groups in total. The van der Waals surface area contributed by atoms with Gasteiger partial charge in [0.25, 0.3) is 0 Å². The summed E-state index contributed by atoms with van der Waals surface area (Å²) >= 11 is 1.81. The monoisotopic (exact) mass is 441 g/mol. The van der Waals surface area contributed by atoms with E-state index in [1.165, 1.54) is 29.5 Å². The first-order valence-corrected chi connectivity index (χ1v) is 12.1. The zero-order valence-corrected chi connectivity index (χ0v) is 18.2. The normalized spacial score (nSPS) is 14.8. The highest BCUT2D eigenvalue weighted by molar-refractivity contribution is 7.89. The van der Waals surface area contributed by atoms with Crippen molar-refractivity contribution in [2.45, 2.75) is 30.8 Å². The van der Waals surface area contributed by atoms with E-state index in [2.05, 4.69) is 26.4 Å². The fourth-order valence-electron chi connectivity index (χ4n) is 3.43. The molecule has 2 heterocycles. The highest BCUT2D eigenvalue weighted by Gasteiger charge is 2.22. The van der Waals surface area contributed by atoms with Crippen molar-refractivity contribution in [1.29, 1.82) is 0 Å². The predicted octanol–water partition coefficient (Wildman–Crippen LogP) is 3.62. The van der Waals surface area contributed by atoms with Crippen LogP contribution in [0, 0.1) is 0 Å². The van der Waals surface area contributed by atoms with Gasteiger partial charge in [-0.1, -0.05) is 18.2 Å². The number of sulfonamides is 1. The summed E-state index contributed by atoms with van der Waals surface area (Å²) in [7, 11) is -3.75. The van der Waals surface area contributed by atoms with Gasteiger partial charge in [0.2, 0.25) is 15.9 Å². The van der Waals surface area contributed by atoms with Gasteiger partial charge < -0.3 is 10.2 Å². The van der Waals surface area contributed by atoms with E-state index in [4.69, 9.17) is 0 Å². The van der Waals surface area contributed by atoms with Crippen LogP contribution in [0.1, 0.15) is 17.4 Å². The minimum absolute atomic E-state index is 0.129. The molecule has 0 spiro atoms. The van der Waals surface area contributed by atoms with Crippen LogP contribution in [0.15, 0.2) is 70.9 Å². The van der Waals surface area contributed by atoms with Crippen LogP contribution in [-0.2, 0) is 27.8 Å². The summed E-state index contributed by atoms with van der Waals surface area (Å²) in [6, 6.07) is 16.9. The zero-order chi connectivity index (χ0) is 21.1. The molecule has 3 aromatic rings. The van der Waals surface area contributed by atoms with Crippen molar-refractivity contribution in [3.63, 3.8) is 0 Å². The maximum atomic E-state index is 12.5. The Kier molecular flexibility index (Phi) is 5.90. The molecule has 1 aliphatic rings. The van der Waals surface area contributed by atoms with E-state index in [1.807, 2.05) is 35.6 Å². The molecule has 4 rings (SSSR count). The highest BCUT2D eigenvalue weighted by Crippen LogP contribution is 2.28. The first-order valence-electron chi connectivity index (χ1n) is 9.71. The van der Waals surface area contributed by atoms with Crippen molar-refractivity contribution in [1.82, 2.24) is 4.72 Å². The summed E-state index contributed by atoms with van der Waals surface area (Å²) in [5.41, 5.74) is 3.11. The first-order chi connectivity index (χ1) is 14.4. The molecule has 1 amide bonds. The summed E-state index contributed by atoms with van der Waals surface area (Å²) in [4.78, 5) is 16.4. The fraction of sp³-hybridized carbons (Fsp3) is 0.227. The summed E-state index contributed by atoms with van der Waals surface area (Å²) in [5, 5.41) is 4.91. The van der Waals surface area contributed by atoms with Gasteiger partial charge in [-0.15, -0.1) is 11.3 Å². The second-order valence-corrected chi connectivity index (χ2v) is 9.95. The maximum absolute atomic E-state index is 12.5. The molecular formula is C22H23N3O3S2. The average Bonchev–Trinajstić information content (AvgIpc) is 3.22. The molecule has 1 atom stereocenters. The van der Waals surface area contributed by atoms with E-state index >= 15 is 0 Å². The molecule has 0 saturated heterocycles. The smallest absolute Gasteiger partial charge is 0.242 e. The Morgan fingerprint density at radius 3 is 2.53 bits per heavy atom. The van der Waals surface area contributed by atoms with E-state index in [0.717, 1.165) is 25.2 Å². The van der Waals surface area contributed by atoms with E-state index in [-0.39, 0.29) is 4.90 Å². The third-order valence-electron chi connectivity index (χ3n) is 5.09. The van der Waals surface area contributed by atoms with E-state index < -0.39 is 22.0 Å². The van der Waals surface area contributed by atoms with Crippen molar-refractivity contribution in [3.8, 4) is 0 Å². The number of nitrogens with one attached hydrogen (secondary N) is 2. The Hall–Kier alpha value is -2.68. The number of nitrogens with zero attached hydrogens (tertiary/aromatic N) is 1. The van der Waals surface area contributed by atoms with Crippen molar-refractivity contribution < 1.29 is 13.2 Å². The van der Waals surface area contributed by atoms with Gasteiger partial charge in [0.05, 0.1) is 10.9 Å². The van der Waals surface area contributed by atoms with Gasteiger partial charge in [-0.05, 0) is 66.8 Å². The number of amides is 1. The van der Waals surface area contributed by atoms with Crippen LogP contribution in [0.4, 0.5) is 11.4 Å². The topological polar surface area (TPSA) is 78.5 Å². The summed E-state index contributed by atoms with van der Waals surface area (Å²) in [5.74, 6) is -0.414. The number of carbonyl (C=O) groups excluding carboxylic acids is 1. The van der Waals surface area contributed by atoms with Gasteiger partial charge in [0.15, 0.2) is 0 Å². The standard InChI is InChI=1S/C22H23N3O3S2/c1-16(24-30(27,28)20-5-3-2-4-6-20)22(26)23-18-7-9-19(10-8-18)25-13-11-21-17(15-25)12-14-29-21/h2-10,12,14,16,24H,11,13,15H2,1H3,(H,23,26)/t16-/m0/s1. The number of hydrogen-bond donors (Lipinski definition) is 2. The lowest BCUT2D eigenvalue weighted by Crippen LogP contribution is -2.41. The SMILES string of the molecule is C[C@H](NS(=O)(=O)c1ccccc1)C(=O)Nc1ccc(N2CCc3sccc3C2)cc1. The van der Waals surface area contributed by atoms with Gasteiger partial charge in [-0.25, -0.2) is 8.42 Å². The molecule has 8 heteroatoms. The third kappa shape index (κ3) is 4.56. The van der Waals surface area contributed by atoms with Crippen LogP contribution >= 0.6 is 11.3 Å². The zero-order valence-electron chi connectivity index (χ0n) is 16.5. The predicted molar refractivity (Wildman–Crippen MR) is 120 cm³/mol. The second-order valence-electron chi connectivity index (χ2n) is 7.23. The molecule has 0 aliphatic carbocycles. The lowest BCUT2D eigenvalue weighted by Gasteiger charge is -2.29. The van der Waals surface area contributed by atoms with Crippen molar-refractivity contribution in [3.05, 3.63) is 76.5 Å². The quantitative estimate of drug-likeness (QED) is 0.613. The largest absolute Gasteiger partial charge is 0.367 e. The van der Waals surface area contributed by atoms with Crippen molar-refractivity contribution >= 4 is 38.6 Å². The van der Waals surface area contributed by atoms with Crippen LogP contribution < -0.4 is 14.9 Å². The summed E-state index contributed by atoms with van der Waals surface area (Å²) in [6.45, 7) is 3.39. The Morgan fingerprint density at radius 2 is 1.80 bits per heavy atom. The Labute approximate surface area is 180 Å². The maximum Gasteiger partial charge on any atom is 0.242 e. The molecule has 1 aliphatic heterocycles. The second kappa shape index (κ2) is 8.59. The molecule has 1 aromatic heterocycles. The molecule has 0 radical (unpaired) electrons. The Morgan fingerprint density at radius 1 is 1.07 bits per heavy atom. The molecule has 0 saturated carbocycles. The minimum Gasteiger partial charge on any atom is -0.367 e. The van der Waals surface area contributed by atoms with Crippen LogP contribution in [0.2, 0.25) is 0 Å². The van der Waals surface area contributed by atoms with Crippen LogP contribution in [0.3, 0.4) is 0 Å². The number of benzene rings is 2. The summed E-state index contributed by atoms with van der Waals surface area (Å²) in [6.07, 6.45) is 1.05. The third-order valence-corrected chi connectivity index (χ3v) is 7.67. The van der Waals surface area contributed by atoms with Gasteiger partial charge in [0.1, 0.15) is 0 Å². The van der Waals surface area contributed by atoms with Gasteiger partial charge >= 0.3 is 0 Å². The average molecular weight is 442 g/mol. The van der Waals surface area contributed by atoms with Crippen LogP contribution in [0.25, 0.3) is 0 Å². The van der Waals surface area contributed by atoms with Crippen molar-refractivity contribution in [2.75, 3.05) is 16.8 Å². The lowest BCUT2D eigenvalue weighted by molar-refractivity contribution is -0.117. The molecule has 0 bridgehead atoms. The Bertz CT molecular complexity index is 1130. The molecule has 6 nitrogen and oxygen atoms in total. The number of rotatable bonds is 6. The molecule has 0 fully saturated rings. The fourth-order valence-corrected chi connectivity index (χ4v) is 5.54. The minimum atomic E-state index is -3.75. The number of fused-ring (bicyclic) bond motifs is 1. The molecule has 30 heavy (non-hydrogen) atoms. The lowest BCUT2D eigenvalue weighted by atomic mass is 10.1. The highest BCUT2D eigenvalue weighted by atomic mass is 32.2. The molecule has 0 unspecified atom stereocenters. The molecule has 156 valence electrons. The number of carbonyl (C=O) groups is 1. The number of anilines is 2. The number of thiophene rings is 1. The van der Waals surface area contributed by atoms with Gasteiger partial charge in [-0.2, -0.15) is 4.72 Å². The summed E-state index contributed by atoms with van der Waals surface area (Å²) < 4.78 is 27.2. The van der Waals surface area contributed by atoms with Crippen LogP contribution in [0.5, 0.6) is 0 Å². The molecule has 2 aromatic carbocycles. The first kappa shape index (κ1) is 20.6. The van der Waals surface area contributed by atoms with Crippen LogP contribution in [-0.4, -0.2) is 26.9 Å². The molecular weight excluding hydrogens is 418 g/mol. The van der Waals surface area contributed by atoms with E-state index in [1.54, 1.807) is 18.2 Å². The number of hydrogen-bond acceptors (Lipinski definition) is 5. The van der Waals surface area contributed by atoms with E-state index in [9.17, 15) is 13.2 Å². The van der Waals surface area contributed by atoms with Gasteiger partial charge in [0, 0.05) is 29.3 Å². The van der Waals surface area contributed by atoms with E-state index in [0.29, 0.717) is 5.69 Å². The Balaban J connectivity index is 1.37. The van der Waals surface area contributed by atoms with Crippen molar-refractivity contribution in [2.24, 2.45) is 0 Å².